The number of rotatable bonds is 6. The number of epoxide rings is 3. The standard InChI is InChI=1S/C6H10O4.C5H10O/c7-1-5-6(10-5)9-3-4-2-8-4;1-2-3-5-4-6-5/h4-7H,1-3H2;5H,2-4H2,1H3. The Morgan fingerprint density at radius 1 is 1.25 bits per heavy atom. The van der Waals surface area contributed by atoms with Crippen molar-refractivity contribution in [3.63, 3.8) is 0 Å². The molecular weight excluding hydrogens is 212 g/mol. The van der Waals surface area contributed by atoms with Crippen molar-refractivity contribution in [1.29, 1.82) is 0 Å². The molecule has 0 amide bonds. The van der Waals surface area contributed by atoms with E-state index in [9.17, 15) is 0 Å². The van der Waals surface area contributed by atoms with Gasteiger partial charge in [-0.25, -0.2) is 0 Å². The maximum atomic E-state index is 8.52. The van der Waals surface area contributed by atoms with Gasteiger partial charge in [0, 0.05) is 0 Å². The molecule has 3 aliphatic rings. The highest BCUT2D eigenvalue weighted by Crippen LogP contribution is 2.23. The van der Waals surface area contributed by atoms with Gasteiger partial charge < -0.3 is 24.1 Å². The molecule has 0 radical (unpaired) electrons. The van der Waals surface area contributed by atoms with E-state index in [1.54, 1.807) is 0 Å². The first-order valence-electron chi connectivity index (χ1n) is 5.94. The first kappa shape index (κ1) is 12.3. The Morgan fingerprint density at radius 2 is 1.94 bits per heavy atom. The van der Waals surface area contributed by atoms with Crippen molar-refractivity contribution in [2.45, 2.75) is 44.4 Å². The summed E-state index contributed by atoms with van der Waals surface area (Å²) in [5, 5.41) is 8.52. The van der Waals surface area contributed by atoms with Gasteiger partial charge in [-0.3, -0.25) is 0 Å². The van der Waals surface area contributed by atoms with Gasteiger partial charge in [0.15, 0.2) is 6.29 Å². The van der Waals surface area contributed by atoms with Gasteiger partial charge >= 0.3 is 0 Å². The number of aliphatic hydroxyl groups is 1. The molecule has 94 valence electrons. The molecule has 0 saturated carbocycles. The van der Waals surface area contributed by atoms with Crippen molar-refractivity contribution in [3.05, 3.63) is 0 Å². The summed E-state index contributed by atoms with van der Waals surface area (Å²) in [4.78, 5) is 0. The molecule has 0 aromatic carbocycles. The second-order valence-electron chi connectivity index (χ2n) is 4.26. The fourth-order valence-electron chi connectivity index (χ4n) is 1.33. The van der Waals surface area contributed by atoms with Crippen LogP contribution in [0.25, 0.3) is 0 Å². The molecular formula is C11H20O5. The van der Waals surface area contributed by atoms with Crippen LogP contribution in [-0.2, 0) is 18.9 Å². The Labute approximate surface area is 95.6 Å². The molecule has 1 N–H and O–H groups in total. The zero-order chi connectivity index (χ0) is 11.4. The fourth-order valence-corrected chi connectivity index (χ4v) is 1.33. The van der Waals surface area contributed by atoms with Gasteiger partial charge in [0.25, 0.3) is 0 Å². The summed E-state index contributed by atoms with van der Waals surface area (Å²) in [6.45, 7) is 4.66. The Morgan fingerprint density at radius 3 is 2.31 bits per heavy atom. The SMILES string of the molecule is CCCC1CO1.OCC1OC1OCC1CO1. The van der Waals surface area contributed by atoms with E-state index in [0.29, 0.717) is 12.7 Å². The molecule has 0 aromatic rings. The quantitative estimate of drug-likeness (QED) is 0.667. The van der Waals surface area contributed by atoms with Crippen LogP contribution in [0.3, 0.4) is 0 Å². The second-order valence-corrected chi connectivity index (χ2v) is 4.26. The summed E-state index contributed by atoms with van der Waals surface area (Å²) in [6, 6.07) is 0. The van der Waals surface area contributed by atoms with Crippen LogP contribution in [0.4, 0.5) is 0 Å². The van der Waals surface area contributed by atoms with Crippen molar-refractivity contribution < 1.29 is 24.1 Å². The van der Waals surface area contributed by atoms with Crippen LogP contribution in [0.2, 0.25) is 0 Å². The van der Waals surface area contributed by atoms with Crippen LogP contribution in [0.15, 0.2) is 0 Å². The highest BCUT2D eigenvalue weighted by Gasteiger charge is 2.40. The molecule has 3 rings (SSSR count). The average Bonchev–Trinajstić information content (AvgIpc) is 3.13. The molecule has 5 nitrogen and oxygen atoms in total. The second kappa shape index (κ2) is 5.93. The van der Waals surface area contributed by atoms with Gasteiger partial charge in [-0.2, -0.15) is 0 Å². The Hall–Kier alpha value is -0.200. The van der Waals surface area contributed by atoms with Crippen LogP contribution < -0.4 is 0 Å². The van der Waals surface area contributed by atoms with Crippen LogP contribution in [0.5, 0.6) is 0 Å². The van der Waals surface area contributed by atoms with Crippen molar-refractivity contribution in [3.8, 4) is 0 Å². The number of ether oxygens (including phenoxy) is 4. The van der Waals surface area contributed by atoms with Gasteiger partial charge in [-0.1, -0.05) is 13.3 Å². The molecule has 3 aliphatic heterocycles. The van der Waals surface area contributed by atoms with Crippen molar-refractivity contribution in [2.75, 3.05) is 26.4 Å². The third kappa shape index (κ3) is 4.76. The largest absolute Gasteiger partial charge is 0.393 e. The number of hydrogen-bond donors (Lipinski definition) is 1. The smallest absolute Gasteiger partial charge is 0.186 e. The highest BCUT2D eigenvalue weighted by molar-refractivity contribution is 4.77. The first-order valence-corrected chi connectivity index (χ1v) is 5.94. The maximum Gasteiger partial charge on any atom is 0.186 e. The Bertz CT molecular complexity index is 203. The molecule has 4 atom stereocenters. The minimum absolute atomic E-state index is 0.0518. The zero-order valence-corrected chi connectivity index (χ0v) is 9.63. The van der Waals surface area contributed by atoms with E-state index in [-0.39, 0.29) is 25.1 Å². The minimum atomic E-state index is -0.172. The maximum absolute atomic E-state index is 8.52. The van der Waals surface area contributed by atoms with E-state index in [1.165, 1.54) is 12.8 Å². The highest BCUT2D eigenvalue weighted by atomic mass is 16.8. The normalized spacial score (nSPS) is 38.6. The zero-order valence-electron chi connectivity index (χ0n) is 9.63. The van der Waals surface area contributed by atoms with E-state index < -0.39 is 0 Å². The summed E-state index contributed by atoms with van der Waals surface area (Å²) < 4.78 is 20.0. The molecule has 4 unspecified atom stereocenters. The number of hydrogen-bond acceptors (Lipinski definition) is 5. The summed E-state index contributed by atoms with van der Waals surface area (Å²) in [5.74, 6) is 0. The van der Waals surface area contributed by atoms with Gasteiger partial charge in [0.1, 0.15) is 12.2 Å². The van der Waals surface area contributed by atoms with Crippen LogP contribution >= 0.6 is 0 Å². The molecule has 5 heteroatoms. The Kier molecular flexibility index (Phi) is 4.55. The third-order valence-electron chi connectivity index (χ3n) is 2.58. The molecule has 0 aliphatic carbocycles. The lowest BCUT2D eigenvalue weighted by molar-refractivity contribution is 0.0405. The Balaban J connectivity index is 0.000000138. The lowest BCUT2D eigenvalue weighted by atomic mass is 10.3. The summed E-state index contributed by atoms with van der Waals surface area (Å²) in [7, 11) is 0. The monoisotopic (exact) mass is 232 g/mol. The van der Waals surface area contributed by atoms with Gasteiger partial charge in [0.05, 0.1) is 32.5 Å². The molecule has 16 heavy (non-hydrogen) atoms. The molecule has 3 saturated heterocycles. The van der Waals surface area contributed by atoms with Gasteiger partial charge in [-0.15, -0.1) is 0 Å². The molecule has 0 spiro atoms. The average molecular weight is 232 g/mol. The topological polar surface area (TPSA) is 67.0 Å². The molecule has 3 fully saturated rings. The summed E-state index contributed by atoms with van der Waals surface area (Å²) in [6.07, 6.45) is 3.21. The van der Waals surface area contributed by atoms with E-state index in [0.717, 1.165) is 13.2 Å². The molecule has 3 heterocycles. The van der Waals surface area contributed by atoms with Crippen molar-refractivity contribution in [1.82, 2.24) is 0 Å². The van der Waals surface area contributed by atoms with Gasteiger partial charge in [0.2, 0.25) is 0 Å². The van der Waals surface area contributed by atoms with E-state index >= 15 is 0 Å². The molecule has 0 bridgehead atoms. The fraction of sp³-hybridized carbons (Fsp3) is 1.00. The van der Waals surface area contributed by atoms with Crippen LogP contribution in [0, 0.1) is 0 Å². The predicted octanol–water partition coefficient (Wildman–Crippen LogP) is 0.304. The van der Waals surface area contributed by atoms with E-state index in [4.69, 9.17) is 24.1 Å². The van der Waals surface area contributed by atoms with Crippen LogP contribution in [-0.4, -0.2) is 56.1 Å². The summed E-state index contributed by atoms with van der Waals surface area (Å²) in [5.41, 5.74) is 0. The van der Waals surface area contributed by atoms with Crippen molar-refractivity contribution in [2.24, 2.45) is 0 Å². The predicted molar refractivity (Wildman–Crippen MR) is 56.1 cm³/mol. The van der Waals surface area contributed by atoms with E-state index in [1.807, 2.05) is 0 Å². The summed E-state index contributed by atoms with van der Waals surface area (Å²) >= 11 is 0. The minimum Gasteiger partial charge on any atom is -0.393 e. The third-order valence-corrected chi connectivity index (χ3v) is 2.58. The van der Waals surface area contributed by atoms with Crippen LogP contribution in [0.1, 0.15) is 19.8 Å². The molecule has 0 aromatic heterocycles. The number of aliphatic hydroxyl groups excluding tert-OH is 1. The lowest BCUT2D eigenvalue weighted by Crippen LogP contribution is -2.08. The van der Waals surface area contributed by atoms with Gasteiger partial charge in [-0.05, 0) is 6.42 Å². The van der Waals surface area contributed by atoms with E-state index in [2.05, 4.69) is 6.92 Å². The van der Waals surface area contributed by atoms with Crippen molar-refractivity contribution >= 4 is 0 Å². The lowest BCUT2D eigenvalue weighted by Gasteiger charge is -1.93. The first-order chi connectivity index (χ1) is 7.83.